The van der Waals surface area contributed by atoms with Crippen molar-refractivity contribution in [2.45, 2.75) is 96.8 Å². The molecule has 21 heavy (non-hydrogen) atoms. The van der Waals surface area contributed by atoms with Gasteiger partial charge in [-0.3, -0.25) is 0 Å². The highest BCUT2D eigenvalue weighted by molar-refractivity contribution is 7.80. The van der Waals surface area contributed by atoms with E-state index in [1.807, 2.05) is 7.05 Å². The van der Waals surface area contributed by atoms with Crippen LogP contribution >= 0.6 is 12.2 Å². The molecule has 0 spiro atoms. The molecule has 2 nitrogen and oxygen atoms in total. The quantitative estimate of drug-likeness (QED) is 0.305. The van der Waals surface area contributed by atoms with Crippen molar-refractivity contribution >= 4 is 17.3 Å². The van der Waals surface area contributed by atoms with E-state index in [0.29, 0.717) is 0 Å². The summed E-state index contributed by atoms with van der Waals surface area (Å²) in [7, 11) is 1.86. The minimum absolute atomic E-state index is 0.768. The molecule has 0 radical (unpaired) electrons. The topological polar surface area (TPSA) is 24.1 Å². The highest BCUT2D eigenvalue weighted by Gasteiger charge is 1.94. The third-order valence-corrected chi connectivity index (χ3v) is 4.39. The number of unbranched alkanes of at least 4 members (excludes halogenated alkanes) is 13. The van der Waals surface area contributed by atoms with E-state index in [1.165, 1.54) is 89.9 Å². The fraction of sp³-hybridized carbons (Fsp3) is 0.944. The van der Waals surface area contributed by atoms with Gasteiger partial charge in [0.15, 0.2) is 5.11 Å². The third kappa shape index (κ3) is 17.6. The van der Waals surface area contributed by atoms with Crippen molar-refractivity contribution < 1.29 is 0 Å². The van der Waals surface area contributed by atoms with Gasteiger partial charge in [0.1, 0.15) is 0 Å². The first-order chi connectivity index (χ1) is 10.3. The molecule has 0 aliphatic heterocycles. The van der Waals surface area contributed by atoms with Gasteiger partial charge in [-0.2, -0.15) is 0 Å². The van der Waals surface area contributed by atoms with Crippen LogP contribution in [-0.4, -0.2) is 18.7 Å². The SMILES string of the molecule is CCCCCCCCCCCCCCCCNC(=S)NC. The van der Waals surface area contributed by atoms with Crippen LogP contribution in [0.2, 0.25) is 0 Å². The van der Waals surface area contributed by atoms with Crippen molar-refractivity contribution in [2.24, 2.45) is 0 Å². The molecular formula is C18H38N2S. The molecule has 3 heteroatoms. The van der Waals surface area contributed by atoms with Crippen molar-refractivity contribution in [3.8, 4) is 0 Å². The van der Waals surface area contributed by atoms with Gasteiger partial charge in [-0.15, -0.1) is 0 Å². The minimum atomic E-state index is 0.768. The predicted octanol–water partition coefficient (Wildman–Crippen LogP) is 5.56. The van der Waals surface area contributed by atoms with E-state index in [0.717, 1.165) is 11.7 Å². The Hall–Kier alpha value is -0.310. The molecule has 0 saturated carbocycles. The number of nitrogens with one attached hydrogen (secondary N) is 2. The summed E-state index contributed by atoms with van der Waals surface area (Å²) in [5.41, 5.74) is 0. The summed E-state index contributed by atoms with van der Waals surface area (Å²) in [5.74, 6) is 0. The van der Waals surface area contributed by atoms with Crippen LogP contribution < -0.4 is 10.6 Å². The molecule has 0 aromatic rings. The Bertz CT molecular complexity index is 219. The molecule has 0 fully saturated rings. The van der Waals surface area contributed by atoms with Gasteiger partial charge in [0.05, 0.1) is 0 Å². The summed E-state index contributed by atoms with van der Waals surface area (Å²) in [6.45, 7) is 3.30. The molecule has 0 unspecified atom stereocenters. The van der Waals surface area contributed by atoms with Crippen molar-refractivity contribution in [2.75, 3.05) is 13.6 Å². The van der Waals surface area contributed by atoms with Gasteiger partial charge in [-0.1, -0.05) is 90.4 Å². The van der Waals surface area contributed by atoms with Crippen LogP contribution in [0.4, 0.5) is 0 Å². The average molecular weight is 315 g/mol. The Kier molecular flexibility index (Phi) is 17.5. The summed E-state index contributed by atoms with van der Waals surface area (Å²) in [4.78, 5) is 0. The largest absolute Gasteiger partial charge is 0.366 e. The minimum Gasteiger partial charge on any atom is -0.366 e. The molecular weight excluding hydrogens is 276 g/mol. The van der Waals surface area contributed by atoms with Gasteiger partial charge in [-0.25, -0.2) is 0 Å². The average Bonchev–Trinajstić information content (AvgIpc) is 2.50. The Labute approximate surface area is 138 Å². The summed E-state index contributed by atoms with van der Waals surface area (Å²) in [6.07, 6.45) is 19.7. The highest BCUT2D eigenvalue weighted by Crippen LogP contribution is 2.12. The number of rotatable bonds is 15. The number of thiocarbonyl (C=S) groups is 1. The monoisotopic (exact) mass is 314 g/mol. The van der Waals surface area contributed by atoms with Crippen molar-refractivity contribution in [1.29, 1.82) is 0 Å². The van der Waals surface area contributed by atoms with Crippen LogP contribution in [0.15, 0.2) is 0 Å². The second-order valence-corrected chi connectivity index (χ2v) is 6.51. The summed E-state index contributed by atoms with van der Waals surface area (Å²) >= 11 is 5.03. The molecule has 0 heterocycles. The van der Waals surface area contributed by atoms with E-state index in [-0.39, 0.29) is 0 Å². The van der Waals surface area contributed by atoms with Gasteiger partial charge in [0, 0.05) is 13.6 Å². The molecule has 2 N–H and O–H groups in total. The summed E-state index contributed by atoms with van der Waals surface area (Å²) in [6, 6.07) is 0. The summed E-state index contributed by atoms with van der Waals surface area (Å²) in [5, 5.41) is 6.90. The lowest BCUT2D eigenvalue weighted by atomic mass is 10.0. The molecule has 0 aliphatic carbocycles. The van der Waals surface area contributed by atoms with Crippen molar-refractivity contribution in [3.63, 3.8) is 0 Å². The summed E-state index contributed by atoms with van der Waals surface area (Å²) < 4.78 is 0. The molecule has 0 aromatic heterocycles. The Balaban J connectivity index is 2.98. The first kappa shape index (κ1) is 20.7. The lowest BCUT2D eigenvalue weighted by molar-refractivity contribution is 0.535. The zero-order valence-corrected chi connectivity index (χ0v) is 15.3. The molecule has 0 aromatic carbocycles. The van der Waals surface area contributed by atoms with Crippen molar-refractivity contribution in [3.05, 3.63) is 0 Å². The normalized spacial score (nSPS) is 10.6. The van der Waals surface area contributed by atoms with Crippen LogP contribution in [0.3, 0.4) is 0 Å². The van der Waals surface area contributed by atoms with Crippen molar-refractivity contribution in [1.82, 2.24) is 10.6 Å². The van der Waals surface area contributed by atoms with Gasteiger partial charge >= 0.3 is 0 Å². The Morgan fingerprint density at radius 1 is 0.667 bits per heavy atom. The molecule has 0 rings (SSSR count). The van der Waals surface area contributed by atoms with Crippen LogP contribution in [0.5, 0.6) is 0 Å². The Morgan fingerprint density at radius 2 is 1.05 bits per heavy atom. The van der Waals surface area contributed by atoms with Crippen LogP contribution in [0.25, 0.3) is 0 Å². The second-order valence-electron chi connectivity index (χ2n) is 6.10. The molecule has 0 aliphatic rings. The first-order valence-electron chi connectivity index (χ1n) is 9.26. The maximum Gasteiger partial charge on any atom is 0.166 e. The lowest BCUT2D eigenvalue weighted by Gasteiger charge is -2.06. The first-order valence-corrected chi connectivity index (χ1v) is 9.67. The highest BCUT2D eigenvalue weighted by atomic mass is 32.1. The molecule has 126 valence electrons. The molecule has 0 bridgehead atoms. The smallest absolute Gasteiger partial charge is 0.166 e. The molecule has 0 saturated heterocycles. The number of hydrogen-bond donors (Lipinski definition) is 2. The van der Waals surface area contributed by atoms with Crippen LogP contribution in [0.1, 0.15) is 96.8 Å². The van der Waals surface area contributed by atoms with E-state index >= 15 is 0 Å². The maximum absolute atomic E-state index is 5.03. The maximum atomic E-state index is 5.03. The van der Waals surface area contributed by atoms with Gasteiger partial charge in [0.25, 0.3) is 0 Å². The second kappa shape index (κ2) is 17.7. The third-order valence-electron chi connectivity index (χ3n) is 4.04. The molecule has 0 amide bonds. The molecule has 0 atom stereocenters. The van der Waals surface area contributed by atoms with E-state index in [1.54, 1.807) is 0 Å². The predicted molar refractivity (Wildman–Crippen MR) is 100.0 cm³/mol. The fourth-order valence-electron chi connectivity index (χ4n) is 2.61. The zero-order chi connectivity index (χ0) is 15.6. The standard InChI is InChI=1S/C18H38N2S/c1-3-4-5-6-7-8-9-10-11-12-13-14-15-16-17-20-18(21)19-2/h3-17H2,1-2H3,(H2,19,20,21). The lowest BCUT2D eigenvalue weighted by Crippen LogP contribution is -2.32. The number of hydrogen-bond acceptors (Lipinski definition) is 1. The fourth-order valence-corrected chi connectivity index (χ4v) is 2.71. The van der Waals surface area contributed by atoms with Gasteiger partial charge in [-0.05, 0) is 18.6 Å². The van der Waals surface area contributed by atoms with E-state index < -0.39 is 0 Å². The van der Waals surface area contributed by atoms with E-state index in [2.05, 4.69) is 17.6 Å². The van der Waals surface area contributed by atoms with Crippen LogP contribution in [0, 0.1) is 0 Å². The van der Waals surface area contributed by atoms with E-state index in [9.17, 15) is 0 Å². The Morgan fingerprint density at radius 3 is 1.43 bits per heavy atom. The van der Waals surface area contributed by atoms with Crippen LogP contribution in [-0.2, 0) is 0 Å². The van der Waals surface area contributed by atoms with Gasteiger partial charge in [0.2, 0.25) is 0 Å². The van der Waals surface area contributed by atoms with Gasteiger partial charge < -0.3 is 10.6 Å². The zero-order valence-electron chi connectivity index (χ0n) is 14.5. The van der Waals surface area contributed by atoms with E-state index in [4.69, 9.17) is 12.2 Å².